The fourth-order valence-electron chi connectivity index (χ4n) is 7.95. The van der Waals surface area contributed by atoms with Gasteiger partial charge in [-0.25, -0.2) is 0 Å². The number of nitrogens with zero attached hydrogens (tertiary/aromatic N) is 3. The van der Waals surface area contributed by atoms with Gasteiger partial charge in [-0.05, 0) is 47.4 Å². The zero-order valence-electron chi connectivity index (χ0n) is 24.6. The lowest BCUT2D eigenvalue weighted by Gasteiger charge is -2.38. The summed E-state index contributed by atoms with van der Waals surface area (Å²) >= 11 is 0. The largest absolute Gasteiger partial charge is 0.337 e. The molecule has 3 heterocycles. The van der Waals surface area contributed by atoms with Gasteiger partial charge in [0.2, 0.25) is 11.8 Å². The van der Waals surface area contributed by atoms with Gasteiger partial charge in [-0.2, -0.15) is 0 Å². The molecule has 7 rings (SSSR count). The Bertz CT molecular complexity index is 1460. The summed E-state index contributed by atoms with van der Waals surface area (Å²) in [6.45, 7) is 3.30. The Kier molecular flexibility index (Phi) is 7.58. The molecule has 0 unspecified atom stereocenters. The van der Waals surface area contributed by atoms with Crippen LogP contribution in [0.25, 0.3) is 0 Å². The molecule has 0 radical (unpaired) electrons. The molecule has 2 atom stereocenters. The molecule has 0 bridgehead atoms. The third kappa shape index (κ3) is 5.06. The molecule has 5 heteroatoms. The summed E-state index contributed by atoms with van der Waals surface area (Å²) in [5.74, 6) is 0.556. The van der Waals surface area contributed by atoms with Crippen LogP contribution in [-0.4, -0.2) is 65.3 Å². The quantitative estimate of drug-likeness (QED) is 0.278. The molecule has 3 saturated heterocycles. The van der Waals surface area contributed by atoms with Gasteiger partial charge in [-0.1, -0.05) is 121 Å². The minimum absolute atomic E-state index is 0.0353. The first kappa shape index (κ1) is 27.6. The van der Waals surface area contributed by atoms with Crippen LogP contribution < -0.4 is 0 Å². The molecule has 2 amide bonds. The van der Waals surface area contributed by atoms with Crippen LogP contribution >= 0.6 is 0 Å². The maximum absolute atomic E-state index is 14.3. The fraction of sp³-hybridized carbons (Fsp3) is 0.316. The smallest absolute Gasteiger partial charge is 0.242 e. The predicted molar refractivity (Wildman–Crippen MR) is 169 cm³/mol. The third-order valence-corrected chi connectivity index (χ3v) is 9.99. The lowest BCUT2D eigenvalue weighted by atomic mass is 9.73. The summed E-state index contributed by atoms with van der Waals surface area (Å²) in [5, 5.41) is 0. The number of amides is 2. The van der Waals surface area contributed by atoms with Crippen molar-refractivity contribution < 1.29 is 9.59 Å². The number of piperidine rings is 1. The summed E-state index contributed by atoms with van der Waals surface area (Å²) < 4.78 is 0. The molecule has 3 aliphatic heterocycles. The van der Waals surface area contributed by atoms with Gasteiger partial charge in [0.05, 0.1) is 12.6 Å². The van der Waals surface area contributed by atoms with Crippen LogP contribution in [0.4, 0.5) is 0 Å². The van der Waals surface area contributed by atoms with E-state index in [1.165, 1.54) is 11.1 Å². The Morgan fingerprint density at radius 1 is 0.721 bits per heavy atom. The lowest BCUT2D eigenvalue weighted by Crippen LogP contribution is -2.52. The molecule has 3 aliphatic rings. The van der Waals surface area contributed by atoms with Gasteiger partial charge >= 0.3 is 0 Å². The molecule has 5 nitrogen and oxygen atoms in total. The van der Waals surface area contributed by atoms with Crippen molar-refractivity contribution in [3.8, 4) is 0 Å². The molecule has 0 aliphatic carbocycles. The van der Waals surface area contributed by atoms with Gasteiger partial charge in [0.25, 0.3) is 0 Å². The van der Waals surface area contributed by atoms with Crippen molar-refractivity contribution in [2.24, 2.45) is 5.92 Å². The zero-order chi connectivity index (χ0) is 29.2. The molecule has 0 N–H and O–H groups in total. The molecule has 0 saturated carbocycles. The highest BCUT2D eigenvalue weighted by molar-refractivity contribution is 5.96. The first-order chi connectivity index (χ1) is 21.1. The second-order valence-electron chi connectivity index (χ2n) is 12.3. The van der Waals surface area contributed by atoms with Gasteiger partial charge in [0.1, 0.15) is 5.41 Å². The highest BCUT2D eigenvalue weighted by Gasteiger charge is 2.50. The highest BCUT2D eigenvalue weighted by Crippen LogP contribution is 2.42. The molecule has 43 heavy (non-hydrogen) atoms. The normalized spacial score (nSPS) is 21.7. The van der Waals surface area contributed by atoms with Crippen molar-refractivity contribution >= 4 is 11.8 Å². The Balaban J connectivity index is 1.11. The SMILES string of the molecule is O=C(CN1CCC(c2ccccc2)(c2ccccc2)C1=O)N1CCC[C@H]2CN(C(c3ccccc3)c3ccccc3)C[C@H]21. The Hall–Kier alpha value is -4.22. The van der Waals surface area contributed by atoms with E-state index in [0.29, 0.717) is 18.9 Å². The number of fused-ring (bicyclic) bond motifs is 1. The van der Waals surface area contributed by atoms with Gasteiger partial charge in [0, 0.05) is 32.2 Å². The van der Waals surface area contributed by atoms with Gasteiger partial charge in [0.15, 0.2) is 0 Å². The van der Waals surface area contributed by atoms with Crippen molar-refractivity contribution in [2.75, 3.05) is 32.7 Å². The minimum Gasteiger partial charge on any atom is -0.337 e. The molecule has 3 fully saturated rings. The zero-order valence-corrected chi connectivity index (χ0v) is 24.6. The summed E-state index contributed by atoms with van der Waals surface area (Å²) in [5.41, 5.74) is 3.81. The van der Waals surface area contributed by atoms with Crippen LogP contribution in [0, 0.1) is 5.92 Å². The molecule has 4 aromatic carbocycles. The number of benzene rings is 4. The van der Waals surface area contributed by atoms with E-state index >= 15 is 0 Å². The summed E-state index contributed by atoms with van der Waals surface area (Å²) in [6, 6.07) is 41.9. The molecule has 4 aromatic rings. The monoisotopic (exact) mass is 569 g/mol. The molecule has 0 spiro atoms. The number of carbonyl (C=O) groups excluding carboxylic acids is 2. The number of carbonyl (C=O) groups is 2. The van der Waals surface area contributed by atoms with E-state index in [2.05, 4.69) is 94.7 Å². The van der Waals surface area contributed by atoms with E-state index in [-0.39, 0.29) is 30.4 Å². The molecular formula is C38H39N3O2. The average Bonchev–Trinajstić information content (AvgIpc) is 3.64. The van der Waals surface area contributed by atoms with Gasteiger partial charge in [-0.15, -0.1) is 0 Å². The van der Waals surface area contributed by atoms with Crippen LogP contribution in [0.3, 0.4) is 0 Å². The molecule has 218 valence electrons. The van der Waals surface area contributed by atoms with Crippen molar-refractivity contribution in [2.45, 2.75) is 36.8 Å². The standard InChI is InChI=1S/C38H39N3O2/c42-35(28-39-25-23-38(37(39)43,32-19-9-3-10-20-32)33-21-11-4-12-22-33)41-24-13-18-31-26-40(27-34(31)41)36(29-14-5-1-6-15-29)30-16-7-2-8-17-30/h1-12,14-17,19-22,31,34,36H,13,18,23-28H2/t31-,34+/m0/s1. The van der Waals surface area contributed by atoms with Crippen molar-refractivity contribution in [3.05, 3.63) is 144 Å². The number of rotatable bonds is 7. The summed E-state index contributed by atoms with van der Waals surface area (Å²) in [4.78, 5) is 34.8. The fourth-order valence-corrected chi connectivity index (χ4v) is 7.95. The van der Waals surface area contributed by atoms with E-state index in [4.69, 9.17) is 0 Å². The van der Waals surface area contributed by atoms with E-state index < -0.39 is 5.41 Å². The topological polar surface area (TPSA) is 43.9 Å². The predicted octanol–water partition coefficient (Wildman–Crippen LogP) is 5.92. The maximum Gasteiger partial charge on any atom is 0.242 e. The summed E-state index contributed by atoms with van der Waals surface area (Å²) in [7, 11) is 0. The van der Waals surface area contributed by atoms with Crippen molar-refractivity contribution in [1.82, 2.24) is 14.7 Å². The van der Waals surface area contributed by atoms with Gasteiger partial charge < -0.3 is 9.80 Å². The van der Waals surface area contributed by atoms with E-state index in [1.807, 2.05) is 41.3 Å². The first-order valence-electron chi connectivity index (χ1n) is 15.7. The Morgan fingerprint density at radius 3 is 1.81 bits per heavy atom. The first-order valence-corrected chi connectivity index (χ1v) is 15.7. The lowest BCUT2D eigenvalue weighted by molar-refractivity contribution is -0.142. The average molecular weight is 570 g/mol. The molecule has 0 aromatic heterocycles. The maximum atomic E-state index is 14.3. The van der Waals surface area contributed by atoms with Crippen LogP contribution in [0.15, 0.2) is 121 Å². The van der Waals surface area contributed by atoms with Crippen LogP contribution in [0.1, 0.15) is 47.6 Å². The summed E-state index contributed by atoms with van der Waals surface area (Å²) in [6.07, 6.45) is 2.81. The highest BCUT2D eigenvalue weighted by atomic mass is 16.2. The van der Waals surface area contributed by atoms with E-state index in [9.17, 15) is 9.59 Å². The van der Waals surface area contributed by atoms with Crippen LogP contribution in [-0.2, 0) is 15.0 Å². The van der Waals surface area contributed by atoms with E-state index in [1.54, 1.807) is 0 Å². The number of hydrogen-bond acceptors (Lipinski definition) is 3. The van der Waals surface area contributed by atoms with Crippen molar-refractivity contribution in [3.63, 3.8) is 0 Å². The van der Waals surface area contributed by atoms with Crippen molar-refractivity contribution in [1.29, 1.82) is 0 Å². The molecular weight excluding hydrogens is 530 g/mol. The Labute approximate surface area is 254 Å². The third-order valence-electron chi connectivity index (χ3n) is 9.99. The number of hydrogen-bond donors (Lipinski definition) is 0. The Morgan fingerprint density at radius 2 is 1.26 bits per heavy atom. The minimum atomic E-state index is -0.754. The second kappa shape index (κ2) is 11.8. The number of likely N-dealkylation sites (tertiary alicyclic amines) is 3. The van der Waals surface area contributed by atoms with E-state index in [0.717, 1.165) is 43.6 Å². The van der Waals surface area contributed by atoms with Gasteiger partial charge in [-0.3, -0.25) is 14.5 Å². The van der Waals surface area contributed by atoms with Crippen LogP contribution in [0.5, 0.6) is 0 Å². The second-order valence-corrected chi connectivity index (χ2v) is 12.3. The van der Waals surface area contributed by atoms with Crippen LogP contribution in [0.2, 0.25) is 0 Å².